The van der Waals surface area contributed by atoms with Crippen molar-refractivity contribution in [2.24, 2.45) is 0 Å². The Bertz CT molecular complexity index is 1350. The second-order valence-electron chi connectivity index (χ2n) is 7.65. The Morgan fingerprint density at radius 2 is 1.63 bits per heavy atom. The van der Waals surface area contributed by atoms with Gasteiger partial charge in [0.05, 0.1) is 11.1 Å². The smallest absolute Gasteiger partial charge is 0.276 e. The number of hydrazine groups is 1. The van der Waals surface area contributed by atoms with Crippen molar-refractivity contribution in [1.82, 2.24) is 10.9 Å². The van der Waals surface area contributed by atoms with Crippen LogP contribution >= 0.6 is 31.9 Å². The fraction of sp³-hybridized carbons (Fsp3) is 0.111. The summed E-state index contributed by atoms with van der Waals surface area (Å²) in [5.41, 5.74) is 6.32. The number of amides is 2. The summed E-state index contributed by atoms with van der Waals surface area (Å²) in [6, 6.07) is 26.4. The zero-order valence-corrected chi connectivity index (χ0v) is 21.8. The van der Waals surface area contributed by atoms with Gasteiger partial charge in [-0.05, 0) is 68.7 Å². The molecule has 0 bridgehead atoms. The number of carbonyl (C=O) groups is 2. The second kappa shape index (κ2) is 11.9. The minimum Gasteiger partial charge on any atom is -0.493 e. The van der Waals surface area contributed by atoms with Crippen LogP contribution in [0.2, 0.25) is 0 Å². The fourth-order valence-corrected chi connectivity index (χ4v) is 4.38. The predicted octanol–water partition coefficient (Wildman–Crippen LogP) is 5.83. The van der Waals surface area contributed by atoms with Gasteiger partial charge in [-0.25, -0.2) is 0 Å². The number of carbonyl (C=O) groups excluding carboxylic acids is 2. The van der Waals surface area contributed by atoms with Crippen molar-refractivity contribution in [2.45, 2.75) is 6.42 Å². The Hall–Kier alpha value is -3.36. The lowest BCUT2D eigenvalue weighted by Gasteiger charge is -2.12. The molecule has 0 aliphatic rings. The van der Waals surface area contributed by atoms with Crippen molar-refractivity contribution in [1.29, 1.82) is 0 Å². The van der Waals surface area contributed by atoms with E-state index in [4.69, 9.17) is 9.47 Å². The van der Waals surface area contributed by atoms with Crippen LogP contribution < -0.4 is 20.3 Å². The number of halogens is 2. The third kappa shape index (κ3) is 6.83. The van der Waals surface area contributed by atoms with E-state index in [1.54, 1.807) is 30.3 Å². The molecular formula is C27H22Br2N2O4. The Morgan fingerprint density at radius 3 is 2.46 bits per heavy atom. The number of benzene rings is 4. The van der Waals surface area contributed by atoms with Gasteiger partial charge in [-0.15, -0.1) is 0 Å². The van der Waals surface area contributed by atoms with E-state index in [-0.39, 0.29) is 6.61 Å². The summed E-state index contributed by atoms with van der Waals surface area (Å²) in [4.78, 5) is 24.7. The average Bonchev–Trinajstić information content (AvgIpc) is 2.87. The normalized spacial score (nSPS) is 10.6. The number of hydrogen-bond donors (Lipinski definition) is 2. The van der Waals surface area contributed by atoms with E-state index in [1.807, 2.05) is 54.6 Å². The molecule has 0 aromatic heterocycles. The van der Waals surface area contributed by atoms with Crippen LogP contribution in [-0.2, 0) is 11.2 Å². The maximum absolute atomic E-state index is 12.5. The monoisotopic (exact) mass is 596 g/mol. The van der Waals surface area contributed by atoms with Gasteiger partial charge in [0.1, 0.15) is 11.5 Å². The first-order chi connectivity index (χ1) is 17.0. The van der Waals surface area contributed by atoms with E-state index >= 15 is 0 Å². The van der Waals surface area contributed by atoms with Gasteiger partial charge in [-0.2, -0.15) is 0 Å². The summed E-state index contributed by atoms with van der Waals surface area (Å²) in [5, 5.41) is 1.99. The van der Waals surface area contributed by atoms with Crippen LogP contribution in [0.25, 0.3) is 10.8 Å². The third-order valence-electron chi connectivity index (χ3n) is 5.15. The summed E-state index contributed by atoms with van der Waals surface area (Å²) >= 11 is 6.99. The zero-order chi connectivity index (χ0) is 24.6. The van der Waals surface area contributed by atoms with Gasteiger partial charge < -0.3 is 9.47 Å². The molecule has 0 saturated heterocycles. The first kappa shape index (κ1) is 24.8. The Kier molecular flexibility index (Phi) is 8.39. The summed E-state index contributed by atoms with van der Waals surface area (Å²) in [5.74, 6) is 0.166. The van der Waals surface area contributed by atoms with E-state index in [2.05, 4.69) is 42.7 Å². The van der Waals surface area contributed by atoms with Crippen molar-refractivity contribution >= 4 is 54.4 Å². The van der Waals surface area contributed by atoms with Gasteiger partial charge in [-0.3, -0.25) is 20.4 Å². The molecule has 6 nitrogen and oxygen atoms in total. The Morgan fingerprint density at radius 1 is 0.800 bits per heavy atom. The van der Waals surface area contributed by atoms with Crippen molar-refractivity contribution < 1.29 is 19.1 Å². The largest absolute Gasteiger partial charge is 0.493 e. The number of hydrogen-bond acceptors (Lipinski definition) is 4. The van der Waals surface area contributed by atoms with Gasteiger partial charge in [0.15, 0.2) is 6.61 Å². The molecule has 0 aliphatic heterocycles. The van der Waals surface area contributed by atoms with Crippen molar-refractivity contribution in [3.8, 4) is 11.5 Å². The maximum atomic E-state index is 12.5. The molecule has 178 valence electrons. The fourth-order valence-electron chi connectivity index (χ4n) is 3.39. The third-order valence-corrected chi connectivity index (χ3v) is 6.46. The van der Waals surface area contributed by atoms with Crippen molar-refractivity contribution in [3.63, 3.8) is 0 Å². The highest BCUT2D eigenvalue weighted by atomic mass is 79.9. The molecule has 0 spiro atoms. The summed E-state index contributed by atoms with van der Waals surface area (Å²) in [6.07, 6.45) is 0.762. The quantitative estimate of drug-likeness (QED) is 0.251. The molecule has 0 heterocycles. The van der Waals surface area contributed by atoms with E-state index in [0.717, 1.165) is 26.1 Å². The van der Waals surface area contributed by atoms with Gasteiger partial charge in [0.2, 0.25) is 0 Å². The summed E-state index contributed by atoms with van der Waals surface area (Å²) < 4.78 is 13.1. The van der Waals surface area contributed by atoms with Crippen LogP contribution in [0, 0.1) is 0 Å². The van der Waals surface area contributed by atoms with Crippen LogP contribution in [0.3, 0.4) is 0 Å². The number of rotatable bonds is 8. The molecule has 0 aliphatic carbocycles. The number of fused-ring (bicyclic) bond motifs is 1. The van der Waals surface area contributed by atoms with Crippen LogP contribution in [-0.4, -0.2) is 25.0 Å². The van der Waals surface area contributed by atoms with Crippen LogP contribution in [0.15, 0.2) is 93.9 Å². The van der Waals surface area contributed by atoms with Crippen LogP contribution in [0.1, 0.15) is 15.9 Å². The van der Waals surface area contributed by atoms with Gasteiger partial charge >= 0.3 is 0 Å². The Balaban J connectivity index is 1.26. The average molecular weight is 598 g/mol. The Labute approximate surface area is 219 Å². The molecular weight excluding hydrogens is 576 g/mol. The predicted molar refractivity (Wildman–Crippen MR) is 143 cm³/mol. The topological polar surface area (TPSA) is 76.7 Å². The minimum atomic E-state index is -0.489. The lowest BCUT2D eigenvalue weighted by atomic mass is 10.1. The molecule has 0 saturated carbocycles. The number of nitrogens with one attached hydrogen (secondary N) is 2. The molecule has 8 heteroatoms. The molecule has 0 fully saturated rings. The first-order valence-electron chi connectivity index (χ1n) is 10.9. The van der Waals surface area contributed by atoms with Gasteiger partial charge in [-0.1, -0.05) is 64.5 Å². The van der Waals surface area contributed by atoms with E-state index < -0.39 is 11.8 Å². The highest BCUT2D eigenvalue weighted by Crippen LogP contribution is 2.34. The van der Waals surface area contributed by atoms with Crippen LogP contribution in [0.4, 0.5) is 0 Å². The van der Waals surface area contributed by atoms with E-state index in [1.165, 1.54) is 5.56 Å². The molecule has 4 aromatic carbocycles. The SMILES string of the molecule is O=C(COc1ccc2cc(Br)ccc2c1Br)NNC(=O)c1cccc(OCCc2ccccc2)c1. The molecule has 4 aromatic rings. The standard InChI is InChI=1S/C27H22Br2N2O4/c28-21-10-11-23-19(15-21)9-12-24(26(23)29)35-17-25(32)30-31-27(33)20-7-4-8-22(16-20)34-14-13-18-5-2-1-3-6-18/h1-12,15-16H,13-14,17H2,(H,30,32)(H,31,33). The van der Waals surface area contributed by atoms with Crippen LogP contribution in [0.5, 0.6) is 11.5 Å². The van der Waals surface area contributed by atoms with Gasteiger partial charge in [0.25, 0.3) is 11.8 Å². The highest BCUT2D eigenvalue weighted by Gasteiger charge is 2.11. The molecule has 0 unspecified atom stereocenters. The summed E-state index contributed by atoms with van der Waals surface area (Å²) in [7, 11) is 0. The maximum Gasteiger partial charge on any atom is 0.276 e. The first-order valence-corrected chi connectivity index (χ1v) is 12.4. The molecule has 2 amide bonds. The lowest BCUT2D eigenvalue weighted by Crippen LogP contribution is -2.43. The zero-order valence-electron chi connectivity index (χ0n) is 18.6. The summed E-state index contributed by atoms with van der Waals surface area (Å²) in [6.45, 7) is 0.230. The second-order valence-corrected chi connectivity index (χ2v) is 9.35. The van der Waals surface area contributed by atoms with E-state index in [0.29, 0.717) is 23.7 Å². The van der Waals surface area contributed by atoms with E-state index in [9.17, 15) is 9.59 Å². The highest BCUT2D eigenvalue weighted by molar-refractivity contribution is 9.11. The minimum absolute atomic E-state index is 0.260. The van der Waals surface area contributed by atoms with Crippen molar-refractivity contribution in [2.75, 3.05) is 13.2 Å². The van der Waals surface area contributed by atoms with Gasteiger partial charge in [0, 0.05) is 16.5 Å². The number of ether oxygens (including phenoxy) is 2. The molecule has 35 heavy (non-hydrogen) atoms. The molecule has 4 rings (SSSR count). The van der Waals surface area contributed by atoms with Crippen molar-refractivity contribution in [3.05, 3.63) is 105 Å². The molecule has 0 atom stereocenters. The molecule has 2 N–H and O–H groups in total. The lowest BCUT2D eigenvalue weighted by molar-refractivity contribution is -0.123. The molecule has 0 radical (unpaired) electrons.